The third kappa shape index (κ3) is 4.32. The fraction of sp³-hybridized carbons (Fsp3) is 0.545. The molecule has 1 aromatic heterocycles. The summed E-state index contributed by atoms with van der Waals surface area (Å²) in [5.41, 5.74) is 2.87. The predicted octanol–water partition coefficient (Wildman–Crippen LogP) is 4.36. The molecule has 1 aliphatic carbocycles. The highest BCUT2D eigenvalue weighted by molar-refractivity contribution is 5.69. The molecule has 0 aliphatic heterocycles. The van der Waals surface area contributed by atoms with E-state index < -0.39 is 0 Å². The Morgan fingerprint density at radius 2 is 1.82 bits per heavy atom. The van der Waals surface area contributed by atoms with Gasteiger partial charge in [0.05, 0.1) is 32.6 Å². The monoisotopic (exact) mass is 385 g/mol. The van der Waals surface area contributed by atoms with Gasteiger partial charge < -0.3 is 19.1 Å². The van der Waals surface area contributed by atoms with E-state index in [4.69, 9.17) is 24.2 Å². The molecule has 28 heavy (non-hydrogen) atoms. The van der Waals surface area contributed by atoms with Crippen LogP contribution in [0.2, 0.25) is 0 Å². The van der Waals surface area contributed by atoms with Gasteiger partial charge in [-0.25, -0.2) is 4.98 Å². The molecule has 0 unspecified atom stereocenters. The lowest BCUT2D eigenvalue weighted by atomic mass is 10.1. The fourth-order valence-electron chi connectivity index (χ4n) is 3.47. The summed E-state index contributed by atoms with van der Waals surface area (Å²) in [6.45, 7) is 6.36. The van der Waals surface area contributed by atoms with Gasteiger partial charge in [0, 0.05) is 19.2 Å². The number of benzene rings is 1. The highest BCUT2D eigenvalue weighted by atomic mass is 16.5. The quantitative estimate of drug-likeness (QED) is 0.606. The molecule has 1 heterocycles. The van der Waals surface area contributed by atoms with Gasteiger partial charge in [0.25, 0.3) is 0 Å². The van der Waals surface area contributed by atoms with Gasteiger partial charge in [-0.3, -0.25) is 0 Å². The molecule has 0 spiro atoms. The highest BCUT2D eigenvalue weighted by Gasteiger charge is 2.28. The van der Waals surface area contributed by atoms with Crippen LogP contribution in [0, 0.1) is 5.92 Å². The Hall–Kier alpha value is -2.50. The van der Waals surface area contributed by atoms with Crippen LogP contribution in [0.4, 0.5) is 5.69 Å². The molecule has 6 nitrogen and oxygen atoms in total. The lowest BCUT2D eigenvalue weighted by molar-refractivity contribution is 0.392. The summed E-state index contributed by atoms with van der Waals surface area (Å²) >= 11 is 0. The number of ether oxygens (including phenoxy) is 3. The Kier molecular flexibility index (Phi) is 6.60. The molecule has 0 bridgehead atoms. The molecule has 1 saturated carbocycles. The Balaban J connectivity index is 2.08. The van der Waals surface area contributed by atoms with Gasteiger partial charge in [0.2, 0.25) is 5.88 Å². The largest absolute Gasteiger partial charge is 0.497 e. The van der Waals surface area contributed by atoms with E-state index in [0.717, 1.165) is 54.5 Å². The molecule has 1 aliphatic rings. The average Bonchev–Trinajstić information content (AvgIpc) is 3.55. The molecule has 152 valence electrons. The van der Waals surface area contributed by atoms with Gasteiger partial charge in [-0.15, -0.1) is 0 Å². The van der Waals surface area contributed by atoms with Crippen LogP contribution in [0.5, 0.6) is 17.4 Å². The second kappa shape index (κ2) is 9.13. The van der Waals surface area contributed by atoms with E-state index in [2.05, 4.69) is 18.7 Å². The normalized spacial score (nSPS) is 13.3. The van der Waals surface area contributed by atoms with E-state index in [1.807, 2.05) is 18.2 Å². The molecule has 0 atom stereocenters. The summed E-state index contributed by atoms with van der Waals surface area (Å²) in [6, 6.07) is 5.67. The van der Waals surface area contributed by atoms with E-state index in [0.29, 0.717) is 17.5 Å². The molecule has 0 amide bonds. The zero-order valence-corrected chi connectivity index (χ0v) is 17.6. The molecule has 2 aromatic rings. The van der Waals surface area contributed by atoms with Gasteiger partial charge in [-0.05, 0) is 43.7 Å². The number of methoxy groups -OCH3 is 3. The number of hydrogen-bond donors (Lipinski definition) is 0. The molecule has 0 radical (unpaired) electrons. The molecule has 0 saturated heterocycles. The Labute approximate surface area is 167 Å². The zero-order valence-electron chi connectivity index (χ0n) is 17.6. The van der Waals surface area contributed by atoms with Crippen LogP contribution in [0.1, 0.15) is 38.8 Å². The van der Waals surface area contributed by atoms with E-state index in [1.165, 1.54) is 12.8 Å². The average molecular weight is 386 g/mol. The minimum absolute atomic E-state index is 0.611. The van der Waals surface area contributed by atoms with Crippen molar-refractivity contribution in [3.8, 4) is 28.8 Å². The molecular weight excluding hydrogens is 354 g/mol. The first-order valence-corrected chi connectivity index (χ1v) is 10.1. The summed E-state index contributed by atoms with van der Waals surface area (Å²) < 4.78 is 16.6. The van der Waals surface area contributed by atoms with E-state index in [9.17, 15) is 0 Å². The smallest absolute Gasteiger partial charge is 0.241 e. The molecule has 1 aromatic carbocycles. The number of aromatic nitrogens is 2. The lowest BCUT2D eigenvalue weighted by Crippen LogP contribution is -2.29. The highest BCUT2D eigenvalue weighted by Crippen LogP contribution is 2.39. The van der Waals surface area contributed by atoms with Crippen LogP contribution in [0.3, 0.4) is 0 Å². The summed E-state index contributed by atoms with van der Waals surface area (Å²) in [4.78, 5) is 12.1. The summed E-state index contributed by atoms with van der Waals surface area (Å²) in [6.07, 6.45) is 4.51. The third-order valence-electron chi connectivity index (χ3n) is 5.09. The van der Waals surface area contributed by atoms with Gasteiger partial charge in [0.1, 0.15) is 17.2 Å². The first kappa shape index (κ1) is 20.2. The standard InChI is InChI=1S/C22H31N3O3/c1-6-12-25(14-15-8-9-15)20-18(7-2)23-21(24-22(20)28-5)17-11-10-16(26-3)13-19(17)27-4/h10-11,13,15H,6-9,12,14H2,1-5H3. The molecule has 3 rings (SSSR count). The van der Waals surface area contributed by atoms with Gasteiger partial charge in [-0.1, -0.05) is 13.8 Å². The number of nitrogens with zero attached hydrogens (tertiary/aromatic N) is 3. The van der Waals surface area contributed by atoms with Crippen molar-refractivity contribution in [3.63, 3.8) is 0 Å². The summed E-state index contributed by atoms with van der Waals surface area (Å²) in [7, 11) is 4.96. The topological polar surface area (TPSA) is 56.7 Å². The molecule has 6 heteroatoms. The summed E-state index contributed by atoms with van der Waals surface area (Å²) in [5, 5.41) is 0. The van der Waals surface area contributed by atoms with Crippen LogP contribution in [0.25, 0.3) is 11.4 Å². The van der Waals surface area contributed by atoms with Crippen molar-refractivity contribution in [3.05, 3.63) is 23.9 Å². The fourth-order valence-corrected chi connectivity index (χ4v) is 3.47. The van der Waals surface area contributed by atoms with Crippen LogP contribution < -0.4 is 19.1 Å². The van der Waals surface area contributed by atoms with Crippen LogP contribution in [-0.2, 0) is 6.42 Å². The van der Waals surface area contributed by atoms with Crippen LogP contribution >= 0.6 is 0 Å². The Morgan fingerprint density at radius 1 is 1.04 bits per heavy atom. The maximum absolute atomic E-state index is 5.74. The SMILES string of the molecule is CCCN(CC1CC1)c1c(CC)nc(-c2ccc(OC)cc2OC)nc1OC. The number of anilines is 1. The van der Waals surface area contributed by atoms with Crippen molar-refractivity contribution in [2.45, 2.75) is 39.5 Å². The minimum Gasteiger partial charge on any atom is -0.497 e. The maximum Gasteiger partial charge on any atom is 0.241 e. The Morgan fingerprint density at radius 3 is 2.39 bits per heavy atom. The zero-order chi connectivity index (χ0) is 20.1. The second-order valence-electron chi connectivity index (χ2n) is 7.16. The van der Waals surface area contributed by atoms with Crippen LogP contribution in [0.15, 0.2) is 18.2 Å². The van der Waals surface area contributed by atoms with Crippen molar-refractivity contribution < 1.29 is 14.2 Å². The Bertz CT molecular complexity index is 781. The van der Waals surface area contributed by atoms with Gasteiger partial charge in [-0.2, -0.15) is 4.98 Å². The summed E-state index contributed by atoms with van der Waals surface area (Å²) in [5.74, 6) is 3.44. The molecular formula is C22H31N3O3. The van der Waals surface area contributed by atoms with Gasteiger partial charge in [0.15, 0.2) is 5.82 Å². The second-order valence-corrected chi connectivity index (χ2v) is 7.16. The number of rotatable bonds is 10. The molecule has 1 fully saturated rings. The van der Waals surface area contributed by atoms with Crippen LogP contribution in [-0.4, -0.2) is 44.4 Å². The van der Waals surface area contributed by atoms with Crippen molar-refractivity contribution >= 4 is 5.69 Å². The third-order valence-corrected chi connectivity index (χ3v) is 5.09. The number of aryl methyl sites for hydroxylation is 1. The van der Waals surface area contributed by atoms with Crippen molar-refractivity contribution in [2.75, 3.05) is 39.3 Å². The predicted molar refractivity (Wildman–Crippen MR) is 112 cm³/mol. The molecule has 0 N–H and O–H groups in total. The first-order valence-electron chi connectivity index (χ1n) is 10.1. The van der Waals surface area contributed by atoms with E-state index in [1.54, 1.807) is 21.3 Å². The van der Waals surface area contributed by atoms with Crippen molar-refractivity contribution in [2.24, 2.45) is 5.92 Å². The minimum atomic E-state index is 0.611. The van der Waals surface area contributed by atoms with E-state index >= 15 is 0 Å². The lowest BCUT2D eigenvalue weighted by Gasteiger charge is -2.27. The number of hydrogen-bond acceptors (Lipinski definition) is 6. The first-order chi connectivity index (χ1) is 13.6. The van der Waals surface area contributed by atoms with Crippen molar-refractivity contribution in [1.82, 2.24) is 9.97 Å². The maximum atomic E-state index is 5.74. The van der Waals surface area contributed by atoms with E-state index in [-0.39, 0.29) is 0 Å². The van der Waals surface area contributed by atoms with Crippen molar-refractivity contribution in [1.29, 1.82) is 0 Å². The van der Waals surface area contributed by atoms with Gasteiger partial charge >= 0.3 is 0 Å².